The molecule has 1 saturated carbocycles. The van der Waals surface area contributed by atoms with Gasteiger partial charge in [-0.3, -0.25) is 4.79 Å². The predicted octanol–water partition coefficient (Wildman–Crippen LogP) is 4.43. The van der Waals surface area contributed by atoms with Gasteiger partial charge in [0.05, 0.1) is 26.4 Å². The molecule has 0 spiro atoms. The van der Waals surface area contributed by atoms with E-state index in [0.29, 0.717) is 32.2 Å². The highest BCUT2D eigenvalue weighted by Gasteiger charge is 2.58. The first-order valence-corrected chi connectivity index (χ1v) is 9.64. The number of rotatable bonds is 8. The van der Waals surface area contributed by atoms with Gasteiger partial charge in [0.15, 0.2) is 0 Å². The molecule has 2 aliphatic carbocycles. The van der Waals surface area contributed by atoms with Gasteiger partial charge >= 0.3 is 0 Å². The minimum absolute atomic E-state index is 0.0314. The Hall–Kier alpha value is -2.23. The lowest BCUT2D eigenvalue weighted by atomic mass is 9.70. The van der Waals surface area contributed by atoms with Crippen LogP contribution in [0.1, 0.15) is 18.1 Å². The number of hydrogen-bond acceptors (Lipinski definition) is 3. The second-order valence-corrected chi connectivity index (χ2v) is 7.88. The van der Waals surface area contributed by atoms with Crippen LogP contribution in [0.15, 0.2) is 72.8 Å². The molecule has 4 rings (SSSR count). The second-order valence-electron chi connectivity index (χ2n) is 7.88. The first-order chi connectivity index (χ1) is 13.2. The molecule has 140 valence electrons. The molecule has 0 amide bonds. The number of allylic oxidation sites excluding steroid dienone is 2. The largest absolute Gasteiger partial charge is 0.376 e. The normalized spacial score (nSPS) is 28.8. The summed E-state index contributed by atoms with van der Waals surface area (Å²) < 4.78 is 12.1. The fraction of sp³-hybridized carbons (Fsp3) is 0.375. The van der Waals surface area contributed by atoms with Crippen LogP contribution in [0.25, 0.3) is 0 Å². The summed E-state index contributed by atoms with van der Waals surface area (Å²) in [6.45, 7) is 4.48. The molecule has 0 saturated heterocycles. The number of benzene rings is 2. The third-order valence-electron chi connectivity index (χ3n) is 6.07. The van der Waals surface area contributed by atoms with Gasteiger partial charge in [-0.1, -0.05) is 79.7 Å². The molecule has 2 aliphatic rings. The lowest BCUT2D eigenvalue weighted by molar-refractivity contribution is -0.122. The lowest BCUT2D eigenvalue weighted by Gasteiger charge is -2.37. The van der Waals surface area contributed by atoms with E-state index in [1.165, 1.54) is 0 Å². The van der Waals surface area contributed by atoms with Crippen LogP contribution in [0.2, 0.25) is 0 Å². The summed E-state index contributed by atoms with van der Waals surface area (Å²) in [6, 6.07) is 20.3. The molecule has 3 nitrogen and oxygen atoms in total. The quantitative estimate of drug-likeness (QED) is 0.652. The molecule has 2 aromatic rings. The molecule has 4 atom stereocenters. The van der Waals surface area contributed by atoms with Crippen LogP contribution < -0.4 is 0 Å². The van der Waals surface area contributed by atoms with Crippen LogP contribution in [0.5, 0.6) is 0 Å². The van der Waals surface area contributed by atoms with Crippen molar-refractivity contribution in [2.24, 2.45) is 23.2 Å². The van der Waals surface area contributed by atoms with Crippen molar-refractivity contribution in [1.82, 2.24) is 0 Å². The number of fused-ring (bicyclic) bond motifs is 2. The highest BCUT2D eigenvalue weighted by atomic mass is 16.5. The topological polar surface area (TPSA) is 35.5 Å². The summed E-state index contributed by atoms with van der Waals surface area (Å²) in [6.07, 6.45) is 4.15. The molecule has 0 aromatic heterocycles. The molecular weight excluding hydrogens is 336 g/mol. The molecule has 2 bridgehead atoms. The number of carbonyl (C=O) groups is 1. The number of ether oxygens (including phenoxy) is 2. The van der Waals surface area contributed by atoms with E-state index >= 15 is 0 Å². The van der Waals surface area contributed by atoms with E-state index < -0.39 is 0 Å². The molecule has 1 fully saturated rings. The van der Waals surface area contributed by atoms with Gasteiger partial charge in [-0.15, -0.1) is 0 Å². The van der Waals surface area contributed by atoms with E-state index in [0.717, 1.165) is 11.1 Å². The monoisotopic (exact) mass is 362 g/mol. The van der Waals surface area contributed by atoms with Crippen LogP contribution in [-0.2, 0) is 27.5 Å². The average molecular weight is 362 g/mol. The first-order valence-electron chi connectivity index (χ1n) is 9.64. The second kappa shape index (κ2) is 7.79. The van der Waals surface area contributed by atoms with Crippen molar-refractivity contribution >= 4 is 5.78 Å². The molecule has 0 N–H and O–H groups in total. The zero-order valence-electron chi connectivity index (χ0n) is 15.7. The van der Waals surface area contributed by atoms with Gasteiger partial charge in [-0.05, 0) is 11.1 Å². The minimum Gasteiger partial charge on any atom is -0.376 e. The van der Waals surface area contributed by atoms with Gasteiger partial charge in [-0.25, -0.2) is 0 Å². The SMILES string of the molecule is C[C@@]1(COCc2ccccc2)[C@@H]2C=C[C@@H](C2=O)[C@@H]1COCc1ccccc1. The fourth-order valence-electron chi connectivity index (χ4n) is 4.48. The third kappa shape index (κ3) is 3.62. The number of ketones is 1. The van der Waals surface area contributed by atoms with Crippen molar-refractivity contribution in [1.29, 1.82) is 0 Å². The van der Waals surface area contributed by atoms with Crippen molar-refractivity contribution in [3.8, 4) is 0 Å². The zero-order valence-corrected chi connectivity index (χ0v) is 15.7. The van der Waals surface area contributed by atoms with Gasteiger partial charge in [0.25, 0.3) is 0 Å². The molecule has 27 heavy (non-hydrogen) atoms. The van der Waals surface area contributed by atoms with E-state index in [4.69, 9.17) is 9.47 Å². The van der Waals surface area contributed by atoms with E-state index in [2.05, 4.69) is 43.3 Å². The molecule has 0 radical (unpaired) electrons. The van der Waals surface area contributed by atoms with Crippen LogP contribution in [0.3, 0.4) is 0 Å². The Morgan fingerprint density at radius 2 is 1.44 bits per heavy atom. The summed E-state index contributed by atoms with van der Waals surface area (Å²) in [7, 11) is 0. The van der Waals surface area contributed by atoms with Gasteiger partial charge in [0.1, 0.15) is 5.78 Å². The maximum Gasteiger partial charge on any atom is 0.147 e. The van der Waals surface area contributed by atoms with Crippen molar-refractivity contribution in [2.75, 3.05) is 13.2 Å². The van der Waals surface area contributed by atoms with Gasteiger partial charge in [0.2, 0.25) is 0 Å². The number of hydrogen-bond donors (Lipinski definition) is 0. The summed E-state index contributed by atoms with van der Waals surface area (Å²) in [5, 5.41) is 0. The van der Waals surface area contributed by atoms with Crippen molar-refractivity contribution in [2.45, 2.75) is 20.1 Å². The molecule has 0 aliphatic heterocycles. The zero-order chi connectivity index (χ0) is 18.7. The predicted molar refractivity (Wildman–Crippen MR) is 105 cm³/mol. The summed E-state index contributed by atoms with van der Waals surface area (Å²) in [5.74, 6) is 0.410. The fourth-order valence-corrected chi connectivity index (χ4v) is 4.48. The van der Waals surface area contributed by atoms with E-state index in [-0.39, 0.29) is 23.2 Å². The van der Waals surface area contributed by atoms with Gasteiger partial charge in [0, 0.05) is 23.2 Å². The summed E-state index contributed by atoms with van der Waals surface area (Å²) in [4.78, 5) is 12.7. The standard InChI is InChI=1S/C24H26O3/c1-24(17-27-15-19-10-6-3-7-11-19)21-13-12-20(23(21)25)22(24)16-26-14-18-8-4-2-5-9-18/h2-13,20-22H,14-17H2,1H3/t20-,21-,22+,24-/m1/s1. The minimum atomic E-state index is -0.206. The van der Waals surface area contributed by atoms with E-state index in [1.54, 1.807) is 0 Å². The van der Waals surface area contributed by atoms with Crippen molar-refractivity contribution in [3.63, 3.8) is 0 Å². The lowest BCUT2D eigenvalue weighted by Crippen LogP contribution is -2.38. The Labute approximate surface area is 161 Å². The first kappa shape index (κ1) is 18.1. The van der Waals surface area contributed by atoms with Crippen LogP contribution in [-0.4, -0.2) is 19.0 Å². The van der Waals surface area contributed by atoms with Crippen LogP contribution in [0, 0.1) is 23.2 Å². The Kier molecular flexibility index (Phi) is 5.24. The molecule has 0 heterocycles. The number of Topliss-reactive ketones (excluding diaryl/α,β-unsaturated/α-hetero) is 1. The van der Waals surface area contributed by atoms with Crippen molar-refractivity contribution < 1.29 is 14.3 Å². The summed E-state index contributed by atoms with van der Waals surface area (Å²) in [5.41, 5.74) is 2.11. The Balaban J connectivity index is 1.39. The smallest absolute Gasteiger partial charge is 0.147 e. The van der Waals surface area contributed by atoms with Crippen molar-refractivity contribution in [3.05, 3.63) is 83.9 Å². The summed E-state index contributed by atoms with van der Waals surface area (Å²) >= 11 is 0. The molecule has 2 aromatic carbocycles. The Morgan fingerprint density at radius 1 is 0.852 bits per heavy atom. The van der Waals surface area contributed by atoms with E-state index in [1.807, 2.05) is 36.4 Å². The average Bonchev–Trinajstić information content (AvgIpc) is 3.16. The maximum atomic E-state index is 12.7. The molecular formula is C24H26O3. The van der Waals surface area contributed by atoms with Crippen LogP contribution in [0.4, 0.5) is 0 Å². The highest BCUT2D eigenvalue weighted by Crippen LogP contribution is 2.54. The van der Waals surface area contributed by atoms with Crippen LogP contribution >= 0.6 is 0 Å². The number of carbonyl (C=O) groups excluding carboxylic acids is 1. The van der Waals surface area contributed by atoms with E-state index in [9.17, 15) is 4.79 Å². The Morgan fingerprint density at radius 3 is 2.07 bits per heavy atom. The maximum absolute atomic E-state index is 12.7. The Bertz CT molecular complexity index is 799. The highest BCUT2D eigenvalue weighted by molar-refractivity contribution is 5.93. The van der Waals surface area contributed by atoms with Gasteiger partial charge < -0.3 is 9.47 Å². The van der Waals surface area contributed by atoms with Gasteiger partial charge in [-0.2, -0.15) is 0 Å². The third-order valence-corrected chi connectivity index (χ3v) is 6.07. The molecule has 0 unspecified atom stereocenters. The molecule has 3 heteroatoms.